The molecule has 0 bridgehead atoms. The first-order valence-electron chi connectivity index (χ1n) is 7.20. The summed E-state index contributed by atoms with van der Waals surface area (Å²) in [5.41, 5.74) is 2.21. The molecule has 1 saturated heterocycles. The molecule has 3 rings (SSSR count). The van der Waals surface area contributed by atoms with E-state index in [1.165, 1.54) is 18.4 Å². The van der Waals surface area contributed by atoms with Crippen LogP contribution in [0.25, 0.3) is 5.65 Å². The summed E-state index contributed by atoms with van der Waals surface area (Å²) in [6, 6.07) is 4.82. The smallest absolute Gasteiger partial charge is 0.155 e. The Morgan fingerprint density at radius 2 is 2.00 bits per heavy atom. The predicted octanol–water partition coefficient (Wildman–Crippen LogP) is 2.63. The van der Waals surface area contributed by atoms with Gasteiger partial charge < -0.3 is 4.90 Å². The van der Waals surface area contributed by atoms with Crippen LogP contribution in [0.15, 0.2) is 18.3 Å². The molecule has 19 heavy (non-hydrogen) atoms. The Balaban J connectivity index is 1.78. The second kappa shape index (κ2) is 4.93. The van der Waals surface area contributed by atoms with Gasteiger partial charge in [0, 0.05) is 18.2 Å². The maximum absolute atomic E-state index is 4.70. The third-order valence-corrected chi connectivity index (χ3v) is 4.13. The summed E-state index contributed by atoms with van der Waals surface area (Å²) in [6.45, 7) is 8.96. The van der Waals surface area contributed by atoms with Crippen molar-refractivity contribution in [3.05, 3.63) is 29.7 Å². The molecule has 0 unspecified atom stereocenters. The van der Waals surface area contributed by atoms with Crippen molar-refractivity contribution in [1.29, 1.82) is 0 Å². The molecule has 0 spiro atoms. The van der Waals surface area contributed by atoms with Crippen molar-refractivity contribution in [2.45, 2.75) is 45.6 Å². The minimum absolute atomic E-state index is 0.523. The first-order valence-corrected chi connectivity index (χ1v) is 7.20. The van der Waals surface area contributed by atoms with Gasteiger partial charge in [-0.25, -0.2) is 9.50 Å². The van der Waals surface area contributed by atoms with Gasteiger partial charge in [-0.05, 0) is 64.4 Å². The van der Waals surface area contributed by atoms with Crippen LogP contribution in [0.2, 0.25) is 0 Å². The predicted molar refractivity (Wildman–Crippen MR) is 76.4 cm³/mol. The van der Waals surface area contributed by atoms with E-state index in [-0.39, 0.29) is 0 Å². The van der Waals surface area contributed by atoms with Crippen LogP contribution in [0.5, 0.6) is 0 Å². The van der Waals surface area contributed by atoms with E-state index in [1.54, 1.807) is 0 Å². The molecule has 0 N–H and O–H groups in total. The number of piperidine rings is 1. The molecule has 0 aliphatic carbocycles. The van der Waals surface area contributed by atoms with Crippen LogP contribution in [0, 0.1) is 6.92 Å². The van der Waals surface area contributed by atoms with Gasteiger partial charge in [-0.15, -0.1) is 0 Å². The van der Waals surface area contributed by atoms with Gasteiger partial charge in [0.05, 0.1) is 0 Å². The fourth-order valence-electron chi connectivity index (χ4n) is 2.85. The van der Waals surface area contributed by atoms with Crippen LogP contribution < -0.4 is 0 Å². The number of hydrogen-bond donors (Lipinski definition) is 0. The highest BCUT2D eigenvalue weighted by molar-refractivity contribution is 5.40. The first-order chi connectivity index (χ1) is 9.13. The van der Waals surface area contributed by atoms with Gasteiger partial charge in [-0.1, -0.05) is 0 Å². The van der Waals surface area contributed by atoms with E-state index in [2.05, 4.69) is 42.9 Å². The number of nitrogens with zero attached hydrogens (tertiary/aromatic N) is 4. The van der Waals surface area contributed by atoms with E-state index >= 15 is 0 Å². The number of aryl methyl sites for hydroxylation is 1. The Hall–Kier alpha value is -1.42. The average Bonchev–Trinajstić information content (AvgIpc) is 2.81. The second-order valence-electron chi connectivity index (χ2n) is 5.88. The van der Waals surface area contributed by atoms with Gasteiger partial charge in [0.2, 0.25) is 0 Å². The molecule has 1 aliphatic rings. The third-order valence-electron chi connectivity index (χ3n) is 4.13. The number of hydrogen-bond acceptors (Lipinski definition) is 3. The molecule has 102 valence electrons. The molecule has 0 aromatic carbocycles. The summed E-state index contributed by atoms with van der Waals surface area (Å²) in [7, 11) is 0. The number of aromatic nitrogens is 3. The average molecular weight is 258 g/mol. The number of rotatable bonds is 2. The van der Waals surface area contributed by atoms with Gasteiger partial charge in [-0.3, -0.25) is 0 Å². The Morgan fingerprint density at radius 1 is 1.26 bits per heavy atom. The summed E-state index contributed by atoms with van der Waals surface area (Å²) < 4.78 is 1.90. The van der Waals surface area contributed by atoms with Crippen molar-refractivity contribution in [1.82, 2.24) is 19.5 Å². The molecule has 4 nitrogen and oxygen atoms in total. The zero-order chi connectivity index (χ0) is 13.4. The van der Waals surface area contributed by atoms with Gasteiger partial charge >= 0.3 is 0 Å². The lowest BCUT2D eigenvalue weighted by Crippen LogP contribution is -2.38. The van der Waals surface area contributed by atoms with Crippen LogP contribution in [0.1, 0.15) is 44.0 Å². The van der Waals surface area contributed by atoms with Crippen molar-refractivity contribution in [2.24, 2.45) is 0 Å². The molecule has 0 radical (unpaired) electrons. The van der Waals surface area contributed by atoms with Crippen LogP contribution >= 0.6 is 0 Å². The highest BCUT2D eigenvalue weighted by Crippen LogP contribution is 2.26. The highest BCUT2D eigenvalue weighted by Gasteiger charge is 2.24. The number of pyridine rings is 1. The summed E-state index contributed by atoms with van der Waals surface area (Å²) in [5.74, 6) is 1.55. The molecule has 0 amide bonds. The van der Waals surface area contributed by atoms with Crippen molar-refractivity contribution in [2.75, 3.05) is 13.1 Å². The van der Waals surface area contributed by atoms with Crippen molar-refractivity contribution >= 4 is 5.65 Å². The lowest BCUT2D eigenvalue weighted by atomic mass is 9.95. The first kappa shape index (κ1) is 12.6. The molecule has 2 aromatic heterocycles. The summed E-state index contributed by atoms with van der Waals surface area (Å²) in [6.07, 6.45) is 4.35. The minimum atomic E-state index is 0.523. The topological polar surface area (TPSA) is 33.4 Å². The van der Waals surface area contributed by atoms with Crippen molar-refractivity contribution in [3.63, 3.8) is 0 Å². The largest absolute Gasteiger partial charge is 0.301 e. The molecular formula is C15H22N4. The third kappa shape index (κ3) is 2.50. The molecule has 3 heterocycles. The van der Waals surface area contributed by atoms with Gasteiger partial charge in [0.15, 0.2) is 11.5 Å². The van der Waals surface area contributed by atoms with E-state index < -0.39 is 0 Å². The number of likely N-dealkylation sites (tertiary alicyclic amines) is 1. The maximum Gasteiger partial charge on any atom is 0.155 e. The molecule has 2 aromatic rings. The zero-order valence-corrected chi connectivity index (χ0v) is 12.0. The van der Waals surface area contributed by atoms with E-state index in [1.807, 2.05) is 10.7 Å². The Kier molecular flexibility index (Phi) is 3.27. The lowest BCUT2D eigenvalue weighted by molar-refractivity contribution is 0.169. The van der Waals surface area contributed by atoms with E-state index in [0.717, 1.165) is 24.6 Å². The fraction of sp³-hybridized carbons (Fsp3) is 0.600. The SMILES string of the molecule is Cc1ccn2nc(C3CCN(C(C)C)CC3)nc2c1. The van der Waals surface area contributed by atoms with Crippen LogP contribution in [-0.2, 0) is 0 Å². The monoisotopic (exact) mass is 258 g/mol. The highest BCUT2D eigenvalue weighted by atomic mass is 15.3. The summed E-state index contributed by atoms with van der Waals surface area (Å²) >= 11 is 0. The van der Waals surface area contributed by atoms with Gasteiger partial charge in [-0.2, -0.15) is 5.10 Å². The summed E-state index contributed by atoms with van der Waals surface area (Å²) in [5, 5.41) is 4.63. The number of fused-ring (bicyclic) bond motifs is 1. The fourth-order valence-corrected chi connectivity index (χ4v) is 2.85. The van der Waals surface area contributed by atoms with Crippen LogP contribution in [0.3, 0.4) is 0 Å². The van der Waals surface area contributed by atoms with Gasteiger partial charge in [0.1, 0.15) is 0 Å². The Bertz CT molecular complexity index is 565. The molecule has 0 atom stereocenters. The Morgan fingerprint density at radius 3 is 2.68 bits per heavy atom. The standard InChI is InChI=1S/C15H22N4/c1-11(2)18-7-5-13(6-8-18)15-16-14-10-12(3)4-9-19(14)17-15/h4,9-11,13H,5-8H2,1-3H3. The van der Waals surface area contributed by atoms with Crippen molar-refractivity contribution < 1.29 is 0 Å². The quantitative estimate of drug-likeness (QED) is 0.830. The molecule has 1 aliphatic heterocycles. The van der Waals surface area contributed by atoms with Crippen LogP contribution in [-0.4, -0.2) is 38.6 Å². The minimum Gasteiger partial charge on any atom is -0.301 e. The molecule has 1 fully saturated rings. The molecular weight excluding hydrogens is 236 g/mol. The van der Waals surface area contributed by atoms with Crippen LogP contribution in [0.4, 0.5) is 0 Å². The molecule has 0 saturated carbocycles. The lowest BCUT2D eigenvalue weighted by Gasteiger charge is -2.33. The summed E-state index contributed by atoms with van der Waals surface area (Å²) in [4.78, 5) is 7.24. The maximum atomic E-state index is 4.70. The Labute approximate surface area is 114 Å². The zero-order valence-electron chi connectivity index (χ0n) is 12.0. The van der Waals surface area contributed by atoms with Gasteiger partial charge in [0.25, 0.3) is 0 Å². The van der Waals surface area contributed by atoms with E-state index in [4.69, 9.17) is 4.98 Å². The van der Waals surface area contributed by atoms with E-state index in [0.29, 0.717) is 12.0 Å². The second-order valence-corrected chi connectivity index (χ2v) is 5.88. The van der Waals surface area contributed by atoms with E-state index in [9.17, 15) is 0 Å². The van der Waals surface area contributed by atoms with Crippen molar-refractivity contribution in [3.8, 4) is 0 Å². The normalized spacial score (nSPS) is 18.5. The molecule has 4 heteroatoms.